The Morgan fingerprint density at radius 1 is 0.867 bits per heavy atom. The predicted molar refractivity (Wildman–Crippen MR) is 99.3 cm³/mol. The predicted octanol–water partition coefficient (Wildman–Crippen LogP) is -0.342. The third-order valence-corrected chi connectivity index (χ3v) is 5.19. The normalized spacial score (nSPS) is 30.9. The fourth-order valence-electron chi connectivity index (χ4n) is 3.56. The van der Waals surface area contributed by atoms with Gasteiger partial charge in [-0.15, -0.1) is 0 Å². The number of ether oxygens (including phenoxy) is 3. The molecule has 10 heteroatoms. The van der Waals surface area contributed by atoms with Crippen LogP contribution in [0.15, 0.2) is 30.3 Å². The van der Waals surface area contributed by atoms with Crippen LogP contribution in [0.25, 0.3) is 0 Å². The van der Waals surface area contributed by atoms with E-state index in [9.17, 15) is 35.7 Å². The summed E-state index contributed by atoms with van der Waals surface area (Å²) in [4.78, 5) is 0. The van der Waals surface area contributed by atoms with Crippen LogP contribution < -0.4 is 9.47 Å². The van der Waals surface area contributed by atoms with E-state index in [1.165, 1.54) is 30.3 Å². The lowest BCUT2D eigenvalue weighted by atomic mass is 9.93. The van der Waals surface area contributed by atoms with Crippen LogP contribution in [0.2, 0.25) is 0 Å². The van der Waals surface area contributed by atoms with Gasteiger partial charge in [0, 0.05) is 24.1 Å². The van der Waals surface area contributed by atoms with Gasteiger partial charge in [-0.25, -0.2) is 0 Å². The second kappa shape index (κ2) is 7.82. The number of phenolic OH excluding ortho intramolecular Hbond substituents is 3. The summed E-state index contributed by atoms with van der Waals surface area (Å²) in [6.45, 7) is -0.255. The first-order valence-corrected chi connectivity index (χ1v) is 9.29. The summed E-state index contributed by atoms with van der Waals surface area (Å²) in [6.07, 6.45) is -7.46. The molecule has 0 aliphatic carbocycles. The second-order valence-electron chi connectivity index (χ2n) is 7.35. The largest absolute Gasteiger partial charge is 0.508 e. The van der Waals surface area contributed by atoms with Gasteiger partial charge in [0.25, 0.3) is 0 Å². The maximum Gasteiger partial charge on any atom is 0.228 e. The summed E-state index contributed by atoms with van der Waals surface area (Å²) in [6, 6.07) is 6.63. The third kappa shape index (κ3) is 3.71. The van der Waals surface area contributed by atoms with Gasteiger partial charge >= 0.3 is 0 Å². The Balaban J connectivity index is 1.61. The van der Waals surface area contributed by atoms with E-state index in [0.29, 0.717) is 11.1 Å². The van der Waals surface area contributed by atoms with E-state index in [4.69, 9.17) is 14.2 Å². The highest BCUT2D eigenvalue weighted by Gasteiger charge is 2.40. The van der Waals surface area contributed by atoms with Gasteiger partial charge in [0.15, 0.2) is 11.5 Å². The molecule has 30 heavy (non-hydrogen) atoms. The first-order valence-electron chi connectivity index (χ1n) is 9.29. The summed E-state index contributed by atoms with van der Waals surface area (Å²) in [5.74, 6) is -0.602. The van der Waals surface area contributed by atoms with E-state index >= 15 is 0 Å². The summed E-state index contributed by atoms with van der Waals surface area (Å²) < 4.78 is 16.7. The molecule has 4 rings (SSSR count). The van der Waals surface area contributed by atoms with Gasteiger partial charge in [-0.1, -0.05) is 6.07 Å². The van der Waals surface area contributed by atoms with Crippen molar-refractivity contribution >= 4 is 0 Å². The number of aromatic hydroxyl groups is 3. The number of aliphatic hydroxyl groups excluding tert-OH is 4. The van der Waals surface area contributed by atoms with E-state index in [-0.39, 0.29) is 41.8 Å². The van der Waals surface area contributed by atoms with Crippen LogP contribution in [0, 0.1) is 0 Å². The first-order chi connectivity index (χ1) is 14.2. The molecule has 162 valence electrons. The van der Waals surface area contributed by atoms with Crippen molar-refractivity contribution in [3.63, 3.8) is 0 Å². The zero-order chi connectivity index (χ0) is 21.6. The summed E-state index contributed by atoms with van der Waals surface area (Å²) in [7, 11) is 0. The molecule has 2 aromatic rings. The molecule has 0 saturated carbocycles. The average Bonchev–Trinajstić information content (AvgIpc) is 2.70. The monoisotopic (exact) mass is 422 g/mol. The van der Waals surface area contributed by atoms with Crippen LogP contribution in [-0.2, 0) is 11.2 Å². The molecule has 0 aromatic heterocycles. The molecule has 1 fully saturated rings. The van der Waals surface area contributed by atoms with Crippen LogP contribution in [-0.4, -0.2) is 73.1 Å². The van der Waals surface area contributed by atoms with Crippen LogP contribution in [0.4, 0.5) is 0 Å². The van der Waals surface area contributed by atoms with Crippen LogP contribution in [0.3, 0.4) is 0 Å². The van der Waals surface area contributed by atoms with Gasteiger partial charge < -0.3 is 50.0 Å². The third-order valence-electron chi connectivity index (χ3n) is 5.19. The molecule has 2 heterocycles. The molecular formula is C20H22O10. The maximum absolute atomic E-state index is 10.6. The van der Waals surface area contributed by atoms with Crippen molar-refractivity contribution in [3.8, 4) is 28.7 Å². The molecule has 6 unspecified atom stereocenters. The zero-order valence-electron chi connectivity index (χ0n) is 15.6. The van der Waals surface area contributed by atoms with Crippen molar-refractivity contribution < 1.29 is 50.0 Å². The number of rotatable bonds is 3. The number of benzene rings is 2. The molecule has 2 aromatic carbocycles. The quantitative estimate of drug-likeness (QED) is 0.325. The maximum atomic E-state index is 10.6. The molecule has 0 radical (unpaired) electrons. The standard InChI is InChI=1S/C20H22O10/c21-9-4-15-10(16(5-9)30-20-18(27)17(26)14(25)7-28-20)6-13(24)19(29-15)8-1-2-11(22)12(23)3-8/h1-5,13-14,17-27H,6-7H2. The van der Waals surface area contributed by atoms with Gasteiger partial charge in [-0.2, -0.15) is 0 Å². The molecule has 1 saturated heterocycles. The number of phenols is 3. The van der Waals surface area contributed by atoms with Crippen LogP contribution >= 0.6 is 0 Å². The highest BCUT2D eigenvalue weighted by atomic mass is 16.7. The first kappa shape index (κ1) is 20.5. The minimum atomic E-state index is -1.53. The molecule has 7 N–H and O–H groups in total. The molecular weight excluding hydrogens is 400 g/mol. The van der Waals surface area contributed by atoms with Crippen molar-refractivity contribution in [1.29, 1.82) is 0 Å². The number of fused-ring (bicyclic) bond motifs is 1. The highest BCUT2D eigenvalue weighted by molar-refractivity contribution is 5.52. The lowest BCUT2D eigenvalue weighted by Crippen LogP contribution is -2.54. The minimum absolute atomic E-state index is 0.0469. The Morgan fingerprint density at radius 2 is 1.63 bits per heavy atom. The van der Waals surface area contributed by atoms with Gasteiger partial charge in [0.05, 0.1) is 12.7 Å². The van der Waals surface area contributed by atoms with Crippen molar-refractivity contribution in [2.24, 2.45) is 0 Å². The van der Waals surface area contributed by atoms with Crippen molar-refractivity contribution in [2.75, 3.05) is 6.61 Å². The van der Waals surface area contributed by atoms with Crippen molar-refractivity contribution in [2.45, 2.75) is 43.2 Å². The lowest BCUT2D eigenvalue weighted by molar-refractivity contribution is -0.242. The summed E-state index contributed by atoms with van der Waals surface area (Å²) >= 11 is 0. The average molecular weight is 422 g/mol. The van der Waals surface area contributed by atoms with Gasteiger partial charge in [-0.05, 0) is 17.7 Å². The number of aliphatic hydroxyl groups is 4. The van der Waals surface area contributed by atoms with Crippen molar-refractivity contribution in [1.82, 2.24) is 0 Å². The molecule has 0 spiro atoms. The van der Waals surface area contributed by atoms with Crippen LogP contribution in [0.5, 0.6) is 28.7 Å². The smallest absolute Gasteiger partial charge is 0.228 e. The van der Waals surface area contributed by atoms with E-state index < -0.39 is 36.8 Å². The zero-order valence-corrected chi connectivity index (χ0v) is 15.6. The SMILES string of the molecule is Oc1cc(OC2OCC(O)C(O)C2O)c2c(c1)OC(c1ccc(O)c(O)c1)C(O)C2. The van der Waals surface area contributed by atoms with E-state index in [2.05, 4.69) is 0 Å². The summed E-state index contributed by atoms with van der Waals surface area (Å²) in [5.41, 5.74) is 0.813. The fraction of sp³-hybridized carbons (Fsp3) is 0.400. The topological polar surface area (TPSA) is 169 Å². The van der Waals surface area contributed by atoms with E-state index in [1.807, 2.05) is 0 Å². The fourth-order valence-corrected chi connectivity index (χ4v) is 3.56. The molecule has 0 amide bonds. The summed E-state index contributed by atoms with van der Waals surface area (Å²) in [5, 5.41) is 69.4. The Kier molecular flexibility index (Phi) is 5.35. The molecule has 0 bridgehead atoms. The molecule has 2 aliphatic rings. The van der Waals surface area contributed by atoms with E-state index in [0.717, 1.165) is 0 Å². The molecule has 2 aliphatic heterocycles. The van der Waals surface area contributed by atoms with Gasteiger partial charge in [-0.3, -0.25) is 0 Å². The lowest BCUT2D eigenvalue weighted by Gasteiger charge is -2.36. The van der Waals surface area contributed by atoms with Gasteiger partial charge in [0.1, 0.15) is 41.7 Å². The van der Waals surface area contributed by atoms with Crippen molar-refractivity contribution in [3.05, 3.63) is 41.5 Å². The van der Waals surface area contributed by atoms with E-state index in [1.54, 1.807) is 0 Å². The Morgan fingerprint density at radius 3 is 2.37 bits per heavy atom. The highest BCUT2D eigenvalue weighted by Crippen LogP contribution is 2.43. The molecule has 10 nitrogen and oxygen atoms in total. The number of hydrogen-bond donors (Lipinski definition) is 7. The minimum Gasteiger partial charge on any atom is -0.508 e. The van der Waals surface area contributed by atoms with Crippen LogP contribution in [0.1, 0.15) is 17.2 Å². The molecule has 6 atom stereocenters. The Bertz CT molecular complexity index is 932. The number of hydrogen-bond acceptors (Lipinski definition) is 10. The Labute approximate surface area is 170 Å². The second-order valence-corrected chi connectivity index (χ2v) is 7.35. The Hall–Kier alpha value is -2.76. The van der Waals surface area contributed by atoms with Gasteiger partial charge in [0.2, 0.25) is 6.29 Å².